The summed E-state index contributed by atoms with van der Waals surface area (Å²) < 4.78 is 39.6. The summed E-state index contributed by atoms with van der Waals surface area (Å²) in [4.78, 5) is 24.2. The van der Waals surface area contributed by atoms with Crippen LogP contribution < -0.4 is 4.90 Å². The molecule has 1 saturated heterocycles. The molecule has 3 rings (SSSR count). The first-order valence-corrected chi connectivity index (χ1v) is 8.24. The average Bonchev–Trinajstić information content (AvgIpc) is 2.91. The van der Waals surface area contributed by atoms with Gasteiger partial charge in [0.15, 0.2) is 5.69 Å². The smallest absolute Gasteiger partial charge is 0.352 e. The van der Waals surface area contributed by atoms with Gasteiger partial charge < -0.3 is 9.80 Å². The molecule has 1 amide bonds. The zero-order valence-electron chi connectivity index (χ0n) is 13.9. The van der Waals surface area contributed by atoms with Crippen LogP contribution in [0, 0.1) is 6.92 Å². The van der Waals surface area contributed by atoms with E-state index >= 15 is 0 Å². The van der Waals surface area contributed by atoms with Crippen molar-refractivity contribution < 1.29 is 18.0 Å². The van der Waals surface area contributed by atoms with Gasteiger partial charge in [0.2, 0.25) is 5.91 Å². The Labute approximate surface area is 152 Å². The van der Waals surface area contributed by atoms with Crippen LogP contribution >= 0.6 is 11.6 Å². The molecule has 0 saturated carbocycles. The molecule has 2 aromatic rings. The van der Waals surface area contributed by atoms with Gasteiger partial charge in [-0.1, -0.05) is 11.6 Å². The van der Waals surface area contributed by atoms with Gasteiger partial charge in [0.1, 0.15) is 12.4 Å². The van der Waals surface area contributed by atoms with Gasteiger partial charge in [-0.15, -0.1) is 0 Å². The summed E-state index contributed by atoms with van der Waals surface area (Å²) in [7, 11) is 0. The van der Waals surface area contributed by atoms with Crippen LogP contribution in [0.5, 0.6) is 0 Å². The Morgan fingerprint density at radius 3 is 2.46 bits per heavy atom. The van der Waals surface area contributed by atoms with Crippen LogP contribution in [0.4, 0.5) is 19.0 Å². The summed E-state index contributed by atoms with van der Waals surface area (Å²) in [6, 6.07) is 0. The second kappa shape index (κ2) is 7.10. The molecule has 2 aromatic heterocycles. The number of hydrogen-bond acceptors (Lipinski definition) is 5. The van der Waals surface area contributed by atoms with E-state index in [0.29, 0.717) is 26.2 Å². The molecule has 26 heavy (non-hydrogen) atoms. The maximum Gasteiger partial charge on any atom is 0.436 e. The first-order valence-electron chi connectivity index (χ1n) is 7.86. The molecule has 0 aliphatic carbocycles. The van der Waals surface area contributed by atoms with Gasteiger partial charge in [-0.05, 0) is 6.92 Å². The Balaban J connectivity index is 1.63. The lowest BCUT2D eigenvalue weighted by Gasteiger charge is -2.35. The number of rotatable bonds is 3. The monoisotopic (exact) mass is 388 g/mol. The zero-order chi connectivity index (χ0) is 18.9. The third-order valence-corrected chi connectivity index (χ3v) is 4.65. The van der Waals surface area contributed by atoms with Crippen molar-refractivity contribution in [3.63, 3.8) is 0 Å². The van der Waals surface area contributed by atoms with Gasteiger partial charge in [0.05, 0.1) is 16.9 Å². The maximum absolute atomic E-state index is 12.9. The molecule has 0 radical (unpaired) electrons. The molecule has 0 atom stereocenters. The predicted molar refractivity (Wildman–Crippen MR) is 87.8 cm³/mol. The first kappa shape index (κ1) is 18.4. The third-order valence-electron chi connectivity index (χ3n) is 4.19. The molecular weight excluding hydrogens is 373 g/mol. The van der Waals surface area contributed by atoms with E-state index in [2.05, 4.69) is 15.1 Å². The van der Waals surface area contributed by atoms with Crippen LogP contribution in [0.25, 0.3) is 0 Å². The molecule has 1 fully saturated rings. The van der Waals surface area contributed by atoms with Crippen molar-refractivity contribution in [1.29, 1.82) is 0 Å². The summed E-state index contributed by atoms with van der Waals surface area (Å²) in [6.45, 7) is 3.13. The zero-order valence-corrected chi connectivity index (χ0v) is 14.6. The van der Waals surface area contributed by atoms with Gasteiger partial charge >= 0.3 is 6.18 Å². The van der Waals surface area contributed by atoms with E-state index in [0.717, 1.165) is 10.5 Å². The quantitative estimate of drug-likeness (QED) is 0.804. The molecule has 0 spiro atoms. The van der Waals surface area contributed by atoms with Crippen molar-refractivity contribution in [3.8, 4) is 0 Å². The van der Waals surface area contributed by atoms with Crippen molar-refractivity contribution in [2.24, 2.45) is 0 Å². The maximum atomic E-state index is 12.9. The van der Waals surface area contributed by atoms with Crippen molar-refractivity contribution in [1.82, 2.24) is 24.6 Å². The number of aromatic nitrogens is 4. The van der Waals surface area contributed by atoms with E-state index < -0.39 is 16.9 Å². The molecule has 1 aliphatic rings. The minimum Gasteiger partial charge on any atom is -0.352 e. The fourth-order valence-electron chi connectivity index (χ4n) is 2.73. The Hall–Kier alpha value is -2.36. The molecule has 0 N–H and O–H groups in total. The van der Waals surface area contributed by atoms with Crippen molar-refractivity contribution in [2.45, 2.75) is 19.6 Å². The van der Waals surface area contributed by atoms with Crippen LogP contribution in [-0.2, 0) is 17.5 Å². The summed E-state index contributed by atoms with van der Waals surface area (Å²) in [5.41, 5.74) is -1.05. The average molecular weight is 389 g/mol. The number of anilines is 1. The standard InChI is InChI=1S/C15H16ClF3N6O/c1-10-13(16)14(15(17,18)19)22-25(10)9-12(26)24-6-4-23(5-7-24)11-8-20-2-3-21-11/h2-3,8H,4-7,9H2,1H3. The van der Waals surface area contributed by atoms with Crippen LogP contribution in [0.3, 0.4) is 0 Å². The molecule has 7 nitrogen and oxygen atoms in total. The van der Waals surface area contributed by atoms with E-state index in [1.807, 2.05) is 4.90 Å². The number of carbonyl (C=O) groups is 1. The molecule has 0 aromatic carbocycles. The van der Waals surface area contributed by atoms with Gasteiger partial charge in [-0.2, -0.15) is 18.3 Å². The minimum atomic E-state index is -4.65. The van der Waals surface area contributed by atoms with E-state index in [1.54, 1.807) is 23.5 Å². The molecular formula is C15H16ClF3N6O. The number of nitrogens with zero attached hydrogens (tertiary/aromatic N) is 6. The molecule has 0 unspecified atom stereocenters. The molecule has 3 heterocycles. The highest BCUT2D eigenvalue weighted by atomic mass is 35.5. The largest absolute Gasteiger partial charge is 0.436 e. The Morgan fingerprint density at radius 1 is 1.23 bits per heavy atom. The normalized spacial score (nSPS) is 15.4. The SMILES string of the molecule is Cc1c(Cl)c(C(F)(F)F)nn1CC(=O)N1CCN(c2cnccn2)CC1. The summed E-state index contributed by atoms with van der Waals surface area (Å²) in [5.74, 6) is 0.420. The lowest BCUT2D eigenvalue weighted by Crippen LogP contribution is -2.50. The molecule has 140 valence electrons. The van der Waals surface area contributed by atoms with E-state index in [9.17, 15) is 18.0 Å². The van der Waals surface area contributed by atoms with Crippen molar-refractivity contribution in [3.05, 3.63) is 35.0 Å². The Kier molecular flexibility index (Phi) is 5.03. The summed E-state index contributed by atoms with van der Waals surface area (Å²) in [6.07, 6.45) is 0.162. The summed E-state index contributed by atoms with van der Waals surface area (Å²) >= 11 is 5.71. The third kappa shape index (κ3) is 3.74. The van der Waals surface area contributed by atoms with Crippen LogP contribution in [-0.4, -0.2) is 56.7 Å². The Bertz CT molecular complexity index is 787. The lowest BCUT2D eigenvalue weighted by molar-refractivity contribution is -0.142. The molecule has 0 bridgehead atoms. The number of hydrogen-bond donors (Lipinski definition) is 0. The van der Waals surface area contributed by atoms with Crippen molar-refractivity contribution in [2.75, 3.05) is 31.1 Å². The summed E-state index contributed by atoms with van der Waals surface area (Å²) in [5, 5.41) is 2.99. The number of halogens is 4. The number of piperazine rings is 1. The topological polar surface area (TPSA) is 67.2 Å². The van der Waals surface area contributed by atoms with Gasteiger partial charge in [0, 0.05) is 38.6 Å². The fourth-order valence-corrected chi connectivity index (χ4v) is 2.97. The molecule has 1 aliphatic heterocycles. The lowest BCUT2D eigenvalue weighted by atomic mass is 10.3. The fraction of sp³-hybridized carbons (Fsp3) is 0.467. The van der Waals surface area contributed by atoms with Gasteiger partial charge in [0.25, 0.3) is 0 Å². The Morgan fingerprint density at radius 2 is 1.92 bits per heavy atom. The highest BCUT2D eigenvalue weighted by molar-refractivity contribution is 6.32. The first-order chi connectivity index (χ1) is 12.3. The number of alkyl halides is 3. The predicted octanol–water partition coefficient (Wildman–Crippen LogP) is 2.00. The van der Waals surface area contributed by atoms with E-state index in [1.165, 1.54) is 6.92 Å². The van der Waals surface area contributed by atoms with Crippen LogP contribution in [0.2, 0.25) is 5.02 Å². The second-order valence-corrected chi connectivity index (χ2v) is 6.21. The van der Waals surface area contributed by atoms with Crippen LogP contribution in [0.15, 0.2) is 18.6 Å². The van der Waals surface area contributed by atoms with Crippen LogP contribution in [0.1, 0.15) is 11.4 Å². The number of carbonyl (C=O) groups excluding carboxylic acids is 1. The highest BCUT2D eigenvalue weighted by Crippen LogP contribution is 2.35. The van der Waals surface area contributed by atoms with E-state index in [-0.39, 0.29) is 18.1 Å². The van der Waals surface area contributed by atoms with Gasteiger partial charge in [-0.25, -0.2) is 4.98 Å². The van der Waals surface area contributed by atoms with Crippen molar-refractivity contribution >= 4 is 23.3 Å². The number of amides is 1. The second-order valence-electron chi connectivity index (χ2n) is 5.83. The highest BCUT2D eigenvalue weighted by Gasteiger charge is 2.38. The van der Waals surface area contributed by atoms with Gasteiger partial charge in [-0.3, -0.25) is 14.5 Å². The van der Waals surface area contributed by atoms with E-state index in [4.69, 9.17) is 11.6 Å². The molecule has 11 heteroatoms. The minimum absolute atomic E-state index is 0.116.